The van der Waals surface area contributed by atoms with E-state index < -0.39 is 0 Å². The van der Waals surface area contributed by atoms with Crippen molar-refractivity contribution in [2.45, 2.75) is 45.6 Å². The van der Waals surface area contributed by atoms with E-state index in [1.54, 1.807) is 0 Å². The smallest absolute Gasteiger partial charge is 0.255 e. The van der Waals surface area contributed by atoms with E-state index in [1.165, 1.54) is 0 Å². The van der Waals surface area contributed by atoms with Gasteiger partial charge in [0.15, 0.2) is 0 Å². The maximum atomic E-state index is 12.7. The van der Waals surface area contributed by atoms with E-state index in [0.717, 1.165) is 31.2 Å². The lowest BCUT2D eigenvalue weighted by Crippen LogP contribution is -2.28. The fraction of sp³-hybridized carbons (Fsp3) is 0.381. The molecule has 1 amide bonds. The summed E-state index contributed by atoms with van der Waals surface area (Å²) in [6.07, 6.45) is 4.14. The number of benzene rings is 2. The van der Waals surface area contributed by atoms with E-state index in [1.807, 2.05) is 54.6 Å². The SMILES string of the molecule is CCCCCOc1ccccc1C(=O)NC(CC)c1ccccc1. The van der Waals surface area contributed by atoms with Crippen LogP contribution in [0.5, 0.6) is 5.75 Å². The van der Waals surface area contributed by atoms with Gasteiger partial charge in [0.25, 0.3) is 5.91 Å². The molecule has 2 aromatic rings. The number of hydrogen-bond acceptors (Lipinski definition) is 2. The number of nitrogens with one attached hydrogen (secondary N) is 1. The Labute approximate surface area is 145 Å². The molecule has 1 unspecified atom stereocenters. The van der Waals surface area contributed by atoms with Gasteiger partial charge in [0.05, 0.1) is 18.2 Å². The molecule has 0 spiro atoms. The summed E-state index contributed by atoms with van der Waals surface area (Å²) in [5.74, 6) is 0.575. The first-order valence-electron chi connectivity index (χ1n) is 8.83. The molecule has 2 aromatic carbocycles. The predicted octanol–water partition coefficient (Wildman–Crippen LogP) is 5.14. The van der Waals surface area contributed by atoms with Gasteiger partial charge in [-0.25, -0.2) is 0 Å². The third-order valence-electron chi connectivity index (χ3n) is 4.05. The van der Waals surface area contributed by atoms with Crippen LogP contribution in [0.3, 0.4) is 0 Å². The summed E-state index contributed by atoms with van der Waals surface area (Å²) < 4.78 is 5.82. The quantitative estimate of drug-likeness (QED) is 0.649. The van der Waals surface area contributed by atoms with E-state index in [-0.39, 0.29) is 11.9 Å². The summed E-state index contributed by atoms with van der Waals surface area (Å²) in [6.45, 7) is 4.88. The van der Waals surface area contributed by atoms with Gasteiger partial charge in [-0.05, 0) is 30.5 Å². The van der Waals surface area contributed by atoms with Crippen LogP contribution in [-0.4, -0.2) is 12.5 Å². The molecule has 128 valence electrons. The van der Waals surface area contributed by atoms with Gasteiger partial charge in [0.1, 0.15) is 5.75 Å². The molecule has 3 heteroatoms. The first-order chi connectivity index (χ1) is 11.8. The summed E-state index contributed by atoms with van der Waals surface area (Å²) in [5, 5.41) is 3.12. The Balaban J connectivity index is 2.06. The standard InChI is InChI=1S/C21H27NO2/c1-3-5-11-16-24-20-15-10-9-14-18(20)21(23)22-19(4-2)17-12-7-6-8-13-17/h6-10,12-15,19H,3-5,11,16H2,1-2H3,(H,22,23). The number of hydrogen-bond donors (Lipinski definition) is 1. The summed E-state index contributed by atoms with van der Waals surface area (Å²) in [5.41, 5.74) is 1.72. The summed E-state index contributed by atoms with van der Waals surface area (Å²) in [4.78, 5) is 12.7. The van der Waals surface area contributed by atoms with Gasteiger partial charge in [0, 0.05) is 0 Å². The van der Waals surface area contributed by atoms with Crippen LogP contribution in [-0.2, 0) is 0 Å². The van der Waals surface area contributed by atoms with E-state index in [0.29, 0.717) is 17.9 Å². The number of ether oxygens (including phenoxy) is 1. The minimum absolute atomic E-state index is 0.00634. The Kier molecular flexibility index (Phi) is 7.34. The highest BCUT2D eigenvalue weighted by Crippen LogP contribution is 2.21. The van der Waals surface area contributed by atoms with Crippen LogP contribution in [0.15, 0.2) is 54.6 Å². The molecule has 0 heterocycles. The highest BCUT2D eigenvalue weighted by molar-refractivity contribution is 5.97. The van der Waals surface area contributed by atoms with Crippen molar-refractivity contribution in [3.63, 3.8) is 0 Å². The predicted molar refractivity (Wildman–Crippen MR) is 98.4 cm³/mol. The van der Waals surface area contributed by atoms with Crippen molar-refractivity contribution in [1.29, 1.82) is 0 Å². The van der Waals surface area contributed by atoms with E-state index in [2.05, 4.69) is 19.2 Å². The Hall–Kier alpha value is -2.29. The highest BCUT2D eigenvalue weighted by Gasteiger charge is 2.17. The van der Waals surface area contributed by atoms with Crippen LogP contribution in [0.25, 0.3) is 0 Å². The lowest BCUT2D eigenvalue weighted by Gasteiger charge is -2.18. The van der Waals surface area contributed by atoms with Crippen molar-refractivity contribution in [3.8, 4) is 5.75 Å². The fourth-order valence-electron chi connectivity index (χ4n) is 2.66. The summed E-state index contributed by atoms with van der Waals surface area (Å²) in [7, 11) is 0. The van der Waals surface area contributed by atoms with E-state index >= 15 is 0 Å². The molecule has 0 bridgehead atoms. The molecule has 2 rings (SSSR count). The molecule has 0 fully saturated rings. The fourth-order valence-corrected chi connectivity index (χ4v) is 2.66. The van der Waals surface area contributed by atoms with Gasteiger partial charge in [-0.15, -0.1) is 0 Å². The Morgan fingerprint density at radius 3 is 2.42 bits per heavy atom. The second-order valence-corrected chi connectivity index (χ2v) is 5.90. The minimum Gasteiger partial charge on any atom is -0.493 e. The van der Waals surface area contributed by atoms with E-state index in [9.17, 15) is 4.79 Å². The monoisotopic (exact) mass is 325 g/mol. The normalized spacial score (nSPS) is 11.8. The van der Waals surface area contributed by atoms with Crippen molar-refractivity contribution in [2.24, 2.45) is 0 Å². The molecule has 0 saturated carbocycles. The van der Waals surface area contributed by atoms with Gasteiger partial charge in [-0.1, -0.05) is 69.2 Å². The second kappa shape index (κ2) is 9.76. The molecule has 0 saturated heterocycles. The van der Waals surface area contributed by atoms with Crippen molar-refractivity contribution >= 4 is 5.91 Å². The lowest BCUT2D eigenvalue weighted by molar-refractivity contribution is 0.0931. The van der Waals surface area contributed by atoms with Crippen molar-refractivity contribution in [2.75, 3.05) is 6.61 Å². The molecular formula is C21H27NO2. The van der Waals surface area contributed by atoms with Crippen LogP contribution in [0.4, 0.5) is 0 Å². The third kappa shape index (κ3) is 5.12. The summed E-state index contributed by atoms with van der Waals surface area (Å²) in [6, 6.07) is 17.5. The molecule has 3 nitrogen and oxygen atoms in total. The van der Waals surface area contributed by atoms with Gasteiger partial charge in [-0.2, -0.15) is 0 Å². The molecule has 0 aliphatic rings. The van der Waals surface area contributed by atoms with Gasteiger partial charge in [0.2, 0.25) is 0 Å². The van der Waals surface area contributed by atoms with Crippen LogP contribution in [0.2, 0.25) is 0 Å². The number of unbranched alkanes of at least 4 members (excludes halogenated alkanes) is 2. The van der Waals surface area contributed by atoms with Gasteiger partial charge < -0.3 is 10.1 Å². The zero-order valence-electron chi connectivity index (χ0n) is 14.6. The molecule has 0 aliphatic carbocycles. The number of carbonyl (C=O) groups is 1. The van der Waals surface area contributed by atoms with Crippen molar-refractivity contribution < 1.29 is 9.53 Å². The molecule has 0 radical (unpaired) electrons. The highest BCUT2D eigenvalue weighted by atomic mass is 16.5. The van der Waals surface area contributed by atoms with Crippen molar-refractivity contribution in [3.05, 3.63) is 65.7 Å². The number of para-hydroxylation sites is 1. The lowest BCUT2D eigenvalue weighted by atomic mass is 10.0. The Morgan fingerprint density at radius 2 is 1.71 bits per heavy atom. The van der Waals surface area contributed by atoms with Crippen molar-refractivity contribution in [1.82, 2.24) is 5.32 Å². The van der Waals surface area contributed by atoms with Crippen LogP contribution in [0, 0.1) is 0 Å². The maximum absolute atomic E-state index is 12.7. The van der Waals surface area contributed by atoms with Gasteiger partial charge >= 0.3 is 0 Å². The topological polar surface area (TPSA) is 38.3 Å². The molecular weight excluding hydrogens is 298 g/mol. The molecule has 1 atom stereocenters. The number of rotatable bonds is 9. The Bertz CT molecular complexity index is 625. The minimum atomic E-state index is -0.0863. The van der Waals surface area contributed by atoms with Crippen LogP contribution >= 0.6 is 0 Å². The van der Waals surface area contributed by atoms with Crippen LogP contribution in [0.1, 0.15) is 61.5 Å². The zero-order chi connectivity index (χ0) is 17.2. The zero-order valence-corrected chi connectivity index (χ0v) is 14.6. The number of carbonyl (C=O) groups excluding carboxylic acids is 1. The molecule has 0 aromatic heterocycles. The van der Waals surface area contributed by atoms with Crippen LogP contribution < -0.4 is 10.1 Å². The Morgan fingerprint density at radius 1 is 1.00 bits per heavy atom. The number of amides is 1. The first kappa shape index (κ1) is 18.1. The second-order valence-electron chi connectivity index (χ2n) is 5.90. The largest absolute Gasteiger partial charge is 0.493 e. The average Bonchev–Trinajstić information content (AvgIpc) is 2.64. The third-order valence-corrected chi connectivity index (χ3v) is 4.05. The molecule has 0 aliphatic heterocycles. The summed E-state index contributed by atoms with van der Waals surface area (Å²) >= 11 is 0. The first-order valence-corrected chi connectivity index (χ1v) is 8.83. The van der Waals surface area contributed by atoms with Gasteiger partial charge in [-0.3, -0.25) is 4.79 Å². The molecule has 1 N–H and O–H groups in total. The van der Waals surface area contributed by atoms with E-state index in [4.69, 9.17) is 4.74 Å². The maximum Gasteiger partial charge on any atom is 0.255 e. The molecule has 24 heavy (non-hydrogen) atoms. The average molecular weight is 325 g/mol.